The topological polar surface area (TPSA) is 67.5 Å². The summed E-state index contributed by atoms with van der Waals surface area (Å²) < 4.78 is 25.0. The lowest BCUT2D eigenvalue weighted by Gasteiger charge is -2.17. The number of alkyl halides is 1. The maximum Gasteiger partial charge on any atom is 0.337 e. The molecule has 1 fully saturated rings. The van der Waals surface area contributed by atoms with E-state index in [1.165, 1.54) is 18.2 Å². The van der Waals surface area contributed by atoms with E-state index in [4.69, 9.17) is 9.47 Å². The predicted molar refractivity (Wildman–Crippen MR) is 107 cm³/mol. The van der Waals surface area contributed by atoms with E-state index in [9.17, 15) is 9.18 Å². The number of ether oxygens (including phenoxy) is 2. The number of aromatic nitrogens is 2. The zero-order valence-electron chi connectivity index (χ0n) is 16.5. The lowest BCUT2D eigenvalue weighted by molar-refractivity contribution is 0.00863. The van der Waals surface area contributed by atoms with Crippen LogP contribution < -0.4 is 0 Å². The first kappa shape index (κ1) is 19.5. The van der Waals surface area contributed by atoms with Crippen molar-refractivity contribution >= 4 is 17.0 Å². The minimum Gasteiger partial charge on any atom is -0.465 e. The van der Waals surface area contributed by atoms with Crippen molar-refractivity contribution in [1.82, 2.24) is 14.9 Å². The zero-order chi connectivity index (χ0) is 20.4. The predicted octanol–water partition coefficient (Wildman–Crippen LogP) is 3.40. The van der Waals surface area contributed by atoms with Gasteiger partial charge in [0.25, 0.3) is 0 Å². The monoisotopic (exact) mass is 397 g/mol. The third-order valence-corrected chi connectivity index (χ3v) is 5.32. The lowest BCUT2D eigenvalue weighted by atomic mass is 10.1. The second kappa shape index (κ2) is 8.31. The summed E-state index contributed by atoms with van der Waals surface area (Å²) in [4.78, 5) is 21.3. The summed E-state index contributed by atoms with van der Waals surface area (Å²) in [6, 6.07) is 13.3. The number of aryl methyl sites for hydroxylation is 1. The highest BCUT2D eigenvalue weighted by molar-refractivity contribution is 5.93. The zero-order valence-corrected chi connectivity index (χ0v) is 16.5. The van der Waals surface area contributed by atoms with Crippen LogP contribution in [-0.4, -0.2) is 53.3 Å². The Morgan fingerprint density at radius 3 is 2.90 bits per heavy atom. The van der Waals surface area contributed by atoms with E-state index in [-0.39, 0.29) is 6.61 Å². The Balaban J connectivity index is 1.37. The van der Waals surface area contributed by atoms with Gasteiger partial charge in [-0.3, -0.25) is 4.90 Å². The number of imidazole rings is 1. The standard InChI is InChI=1S/C22H24FN3O3/c1-14-5-3-4-6-16(14)10-26-11-17(23)20(12-26)29-13-21-24-18-8-7-15(22(27)28-2)9-19(18)25-21/h3-9,17,20H,10-13H2,1-2H3,(H,24,25)/t17-,20+/m1/s1. The SMILES string of the molecule is COC(=O)c1ccc2nc(CO[C@H]3CN(Cc4ccccc4C)C[C@H]3F)[nH]c2c1. The fourth-order valence-corrected chi connectivity index (χ4v) is 3.68. The molecule has 1 saturated heterocycles. The lowest BCUT2D eigenvalue weighted by Crippen LogP contribution is -2.24. The van der Waals surface area contributed by atoms with Gasteiger partial charge in [-0.15, -0.1) is 0 Å². The highest BCUT2D eigenvalue weighted by atomic mass is 19.1. The third-order valence-electron chi connectivity index (χ3n) is 5.32. The van der Waals surface area contributed by atoms with E-state index in [1.54, 1.807) is 18.2 Å². The van der Waals surface area contributed by atoms with Gasteiger partial charge in [-0.2, -0.15) is 0 Å². The number of carbonyl (C=O) groups is 1. The summed E-state index contributed by atoms with van der Waals surface area (Å²) in [5.41, 5.74) is 4.30. The summed E-state index contributed by atoms with van der Waals surface area (Å²) >= 11 is 0. The van der Waals surface area contributed by atoms with Gasteiger partial charge in [0.1, 0.15) is 24.7 Å². The molecular formula is C22H24FN3O3. The number of benzene rings is 2. The molecule has 0 amide bonds. The fraction of sp³-hybridized carbons (Fsp3) is 0.364. The van der Waals surface area contributed by atoms with Crippen LogP contribution >= 0.6 is 0 Å². The van der Waals surface area contributed by atoms with Gasteiger partial charge in [-0.25, -0.2) is 14.2 Å². The number of methoxy groups -OCH3 is 1. The molecule has 7 heteroatoms. The average molecular weight is 397 g/mol. The van der Waals surface area contributed by atoms with Crippen LogP contribution in [0.3, 0.4) is 0 Å². The van der Waals surface area contributed by atoms with Gasteiger partial charge in [0.05, 0.1) is 23.7 Å². The number of nitrogens with zero attached hydrogens (tertiary/aromatic N) is 2. The highest BCUT2D eigenvalue weighted by Crippen LogP contribution is 2.22. The van der Waals surface area contributed by atoms with Crippen LogP contribution in [0.1, 0.15) is 27.3 Å². The Morgan fingerprint density at radius 1 is 1.28 bits per heavy atom. The minimum absolute atomic E-state index is 0.186. The molecule has 4 rings (SSSR count). The normalized spacial score (nSPS) is 19.7. The summed E-state index contributed by atoms with van der Waals surface area (Å²) in [6.45, 7) is 3.88. The van der Waals surface area contributed by atoms with Crippen LogP contribution in [0.4, 0.5) is 4.39 Å². The highest BCUT2D eigenvalue weighted by Gasteiger charge is 2.33. The molecule has 1 aromatic heterocycles. The average Bonchev–Trinajstić information content (AvgIpc) is 3.29. The number of likely N-dealkylation sites (tertiary alicyclic amines) is 1. The Labute approximate surface area is 168 Å². The van der Waals surface area contributed by atoms with Crippen molar-refractivity contribution in [1.29, 1.82) is 0 Å². The molecule has 0 unspecified atom stereocenters. The van der Waals surface area contributed by atoms with Gasteiger partial charge >= 0.3 is 5.97 Å². The van der Waals surface area contributed by atoms with Gasteiger partial charge in [-0.1, -0.05) is 24.3 Å². The van der Waals surface area contributed by atoms with E-state index >= 15 is 0 Å². The molecule has 29 heavy (non-hydrogen) atoms. The molecule has 152 valence electrons. The Hall–Kier alpha value is -2.77. The van der Waals surface area contributed by atoms with E-state index in [0.717, 1.165) is 11.0 Å². The van der Waals surface area contributed by atoms with E-state index in [0.29, 0.717) is 31.0 Å². The molecule has 2 aromatic carbocycles. The van der Waals surface area contributed by atoms with E-state index in [1.807, 2.05) is 12.1 Å². The molecule has 2 heterocycles. The number of rotatable bonds is 6. The first-order chi connectivity index (χ1) is 14.0. The molecule has 3 aromatic rings. The molecule has 1 N–H and O–H groups in total. The fourth-order valence-electron chi connectivity index (χ4n) is 3.68. The number of halogens is 1. The second-order valence-electron chi connectivity index (χ2n) is 7.39. The molecular weight excluding hydrogens is 373 g/mol. The van der Waals surface area contributed by atoms with Gasteiger partial charge < -0.3 is 14.5 Å². The molecule has 0 saturated carbocycles. The van der Waals surface area contributed by atoms with Crippen LogP contribution in [0.25, 0.3) is 11.0 Å². The number of fused-ring (bicyclic) bond motifs is 1. The Kier molecular flexibility index (Phi) is 5.60. The van der Waals surface area contributed by atoms with Crippen LogP contribution in [0.15, 0.2) is 42.5 Å². The van der Waals surface area contributed by atoms with E-state index < -0.39 is 18.2 Å². The van der Waals surface area contributed by atoms with Gasteiger partial charge in [0.15, 0.2) is 0 Å². The first-order valence-corrected chi connectivity index (χ1v) is 9.63. The van der Waals surface area contributed by atoms with Crippen LogP contribution in [0.5, 0.6) is 0 Å². The van der Waals surface area contributed by atoms with Crippen molar-refractivity contribution in [2.24, 2.45) is 0 Å². The molecule has 0 bridgehead atoms. The number of esters is 1. The Morgan fingerprint density at radius 2 is 2.10 bits per heavy atom. The number of H-pyrrole nitrogens is 1. The largest absolute Gasteiger partial charge is 0.465 e. The van der Waals surface area contributed by atoms with Crippen molar-refractivity contribution in [3.63, 3.8) is 0 Å². The molecule has 1 aliphatic rings. The number of nitrogens with one attached hydrogen (secondary N) is 1. The summed E-state index contributed by atoms with van der Waals surface area (Å²) in [5.74, 6) is 0.200. The maximum atomic E-state index is 14.5. The first-order valence-electron chi connectivity index (χ1n) is 9.63. The van der Waals surface area contributed by atoms with Gasteiger partial charge in [-0.05, 0) is 36.2 Å². The molecule has 0 radical (unpaired) electrons. The molecule has 0 spiro atoms. The molecule has 2 atom stereocenters. The van der Waals surface area contributed by atoms with Crippen molar-refractivity contribution in [2.75, 3.05) is 20.2 Å². The number of aromatic amines is 1. The maximum absolute atomic E-state index is 14.5. The number of carbonyl (C=O) groups excluding carboxylic acids is 1. The minimum atomic E-state index is -1.03. The summed E-state index contributed by atoms with van der Waals surface area (Å²) in [5, 5.41) is 0. The van der Waals surface area contributed by atoms with Crippen molar-refractivity contribution < 1.29 is 18.7 Å². The molecule has 6 nitrogen and oxygen atoms in total. The molecule has 1 aliphatic heterocycles. The second-order valence-corrected chi connectivity index (χ2v) is 7.39. The van der Waals surface area contributed by atoms with Crippen molar-refractivity contribution in [3.05, 3.63) is 65.0 Å². The molecule has 0 aliphatic carbocycles. The number of hydrogen-bond acceptors (Lipinski definition) is 5. The quantitative estimate of drug-likeness (QED) is 0.646. The van der Waals surface area contributed by atoms with Gasteiger partial charge in [0, 0.05) is 19.6 Å². The van der Waals surface area contributed by atoms with Crippen LogP contribution in [0, 0.1) is 6.92 Å². The Bertz CT molecular complexity index is 1020. The summed E-state index contributed by atoms with van der Waals surface area (Å²) in [6.07, 6.45) is -1.52. The summed E-state index contributed by atoms with van der Waals surface area (Å²) in [7, 11) is 1.34. The van der Waals surface area contributed by atoms with Crippen LogP contribution in [-0.2, 0) is 22.6 Å². The van der Waals surface area contributed by atoms with Gasteiger partial charge in [0.2, 0.25) is 0 Å². The van der Waals surface area contributed by atoms with Crippen molar-refractivity contribution in [3.8, 4) is 0 Å². The van der Waals surface area contributed by atoms with Crippen molar-refractivity contribution in [2.45, 2.75) is 32.4 Å². The smallest absolute Gasteiger partial charge is 0.337 e. The van der Waals surface area contributed by atoms with Crippen LogP contribution in [0.2, 0.25) is 0 Å². The number of hydrogen-bond donors (Lipinski definition) is 1. The van der Waals surface area contributed by atoms with E-state index in [2.05, 4.69) is 33.9 Å². The third kappa shape index (κ3) is 4.31.